The molecule has 0 bridgehead atoms. The van der Waals surface area contributed by atoms with Crippen molar-refractivity contribution in [3.05, 3.63) is 35.4 Å². The van der Waals surface area contributed by atoms with Crippen molar-refractivity contribution in [1.29, 1.82) is 0 Å². The van der Waals surface area contributed by atoms with Gasteiger partial charge in [-0.05, 0) is 19.2 Å². The number of hydrogen-bond acceptors (Lipinski definition) is 4. The zero-order valence-corrected chi connectivity index (χ0v) is 12.7. The van der Waals surface area contributed by atoms with E-state index in [1.165, 1.54) is 19.2 Å². The summed E-state index contributed by atoms with van der Waals surface area (Å²) in [5.74, 6) is -2.64. The van der Waals surface area contributed by atoms with Crippen molar-refractivity contribution in [2.45, 2.75) is 19.9 Å². The number of halogens is 2. The van der Waals surface area contributed by atoms with Gasteiger partial charge in [0.15, 0.2) is 11.6 Å². The van der Waals surface area contributed by atoms with E-state index in [0.717, 1.165) is 19.2 Å². The Hall–Kier alpha value is -1.53. The molecule has 21 heavy (non-hydrogen) atoms. The fourth-order valence-electron chi connectivity index (χ4n) is 2.09. The lowest BCUT2D eigenvalue weighted by Crippen LogP contribution is -2.37. The maximum Gasteiger partial charge on any atom is 0.327 e. The number of methoxy groups -OCH3 is 1. The van der Waals surface area contributed by atoms with Gasteiger partial charge in [0.05, 0.1) is 7.11 Å². The molecule has 0 aliphatic heterocycles. The highest BCUT2D eigenvalue weighted by Gasteiger charge is 2.25. The first-order valence-electron chi connectivity index (χ1n) is 7.02. The highest BCUT2D eigenvalue weighted by molar-refractivity contribution is 5.77. The molecule has 1 aromatic carbocycles. The van der Waals surface area contributed by atoms with Gasteiger partial charge in [-0.25, -0.2) is 13.6 Å². The monoisotopic (exact) mass is 300 g/mol. The van der Waals surface area contributed by atoms with E-state index < -0.39 is 23.6 Å². The van der Waals surface area contributed by atoms with Gasteiger partial charge in [-0.3, -0.25) is 5.32 Å². The molecule has 118 valence electrons. The van der Waals surface area contributed by atoms with Crippen LogP contribution in [0.5, 0.6) is 0 Å². The van der Waals surface area contributed by atoms with Crippen LogP contribution in [0.15, 0.2) is 18.2 Å². The highest BCUT2D eigenvalue weighted by atomic mass is 19.2. The average Bonchev–Trinajstić information content (AvgIpc) is 2.50. The third kappa shape index (κ3) is 4.75. The Morgan fingerprint density at radius 1 is 1.33 bits per heavy atom. The summed E-state index contributed by atoms with van der Waals surface area (Å²) >= 11 is 0. The number of nitrogens with one attached hydrogen (secondary N) is 1. The maximum atomic E-state index is 13.8. The van der Waals surface area contributed by atoms with E-state index in [1.807, 2.05) is 13.8 Å². The molecule has 0 saturated heterocycles. The predicted molar refractivity (Wildman–Crippen MR) is 76.9 cm³/mol. The zero-order chi connectivity index (χ0) is 15.8. The molecule has 1 aromatic rings. The standard InChI is InChI=1S/C15H22F2N2O2/c1-4-19(5-2)10-9-18-14(15(20)21-3)11-7-6-8-12(16)13(11)17/h6-8,14,18H,4-5,9-10H2,1-3H3. The number of carbonyl (C=O) groups excluding carboxylic acids is 1. The summed E-state index contributed by atoms with van der Waals surface area (Å²) in [7, 11) is 1.22. The number of hydrogen-bond donors (Lipinski definition) is 1. The van der Waals surface area contributed by atoms with Gasteiger partial charge in [0.2, 0.25) is 0 Å². The Morgan fingerprint density at radius 2 is 2.00 bits per heavy atom. The molecule has 4 nitrogen and oxygen atoms in total. The number of benzene rings is 1. The van der Waals surface area contributed by atoms with Crippen molar-refractivity contribution in [2.75, 3.05) is 33.3 Å². The molecule has 0 aliphatic carbocycles. The Labute approximate surface area is 124 Å². The molecule has 0 radical (unpaired) electrons. The third-order valence-corrected chi connectivity index (χ3v) is 3.40. The fourth-order valence-corrected chi connectivity index (χ4v) is 2.09. The summed E-state index contributed by atoms with van der Waals surface area (Å²) in [5, 5.41) is 2.93. The molecule has 0 amide bonds. The highest BCUT2D eigenvalue weighted by Crippen LogP contribution is 2.20. The van der Waals surface area contributed by atoms with Gasteiger partial charge in [0.25, 0.3) is 0 Å². The smallest absolute Gasteiger partial charge is 0.327 e. The van der Waals surface area contributed by atoms with E-state index in [0.29, 0.717) is 13.1 Å². The molecular weight excluding hydrogens is 278 g/mol. The number of ether oxygens (including phenoxy) is 1. The van der Waals surface area contributed by atoms with E-state index in [-0.39, 0.29) is 5.56 Å². The van der Waals surface area contributed by atoms with Crippen LogP contribution < -0.4 is 5.32 Å². The molecule has 0 saturated carbocycles. The van der Waals surface area contributed by atoms with Crippen molar-refractivity contribution in [3.8, 4) is 0 Å². The number of likely N-dealkylation sites (N-methyl/N-ethyl adjacent to an activating group) is 1. The van der Waals surface area contributed by atoms with Crippen molar-refractivity contribution in [3.63, 3.8) is 0 Å². The minimum atomic E-state index is -1.02. The molecule has 6 heteroatoms. The second kappa shape index (κ2) is 8.69. The lowest BCUT2D eigenvalue weighted by atomic mass is 10.1. The van der Waals surface area contributed by atoms with Crippen LogP contribution in [0.25, 0.3) is 0 Å². The van der Waals surface area contributed by atoms with Crippen LogP contribution >= 0.6 is 0 Å². The van der Waals surface area contributed by atoms with Crippen LogP contribution in [-0.2, 0) is 9.53 Å². The summed E-state index contributed by atoms with van der Waals surface area (Å²) in [6.07, 6.45) is 0. The first-order valence-corrected chi connectivity index (χ1v) is 7.02. The molecule has 1 N–H and O–H groups in total. The number of esters is 1. The molecule has 0 fully saturated rings. The molecule has 0 aromatic heterocycles. The normalized spacial score (nSPS) is 12.5. The van der Waals surface area contributed by atoms with Crippen molar-refractivity contribution >= 4 is 5.97 Å². The van der Waals surface area contributed by atoms with Gasteiger partial charge in [-0.15, -0.1) is 0 Å². The molecule has 0 spiro atoms. The van der Waals surface area contributed by atoms with Crippen LogP contribution in [0.3, 0.4) is 0 Å². The topological polar surface area (TPSA) is 41.6 Å². The average molecular weight is 300 g/mol. The molecule has 1 unspecified atom stereocenters. The largest absolute Gasteiger partial charge is 0.468 e. The third-order valence-electron chi connectivity index (χ3n) is 3.40. The molecule has 0 aliphatic rings. The van der Waals surface area contributed by atoms with E-state index >= 15 is 0 Å². The zero-order valence-electron chi connectivity index (χ0n) is 12.7. The maximum absolute atomic E-state index is 13.8. The number of nitrogens with zero attached hydrogens (tertiary/aromatic N) is 1. The van der Waals surface area contributed by atoms with Gasteiger partial charge >= 0.3 is 5.97 Å². The lowest BCUT2D eigenvalue weighted by molar-refractivity contribution is -0.143. The van der Waals surface area contributed by atoms with Gasteiger partial charge in [0.1, 0.15) is 6.04 Å². The predicted octanol–water partition coefficient (Wildman–Crippen LogP) is 2.11. The number of rotatable bonds is 8. The van der Waals surface area contributed by atoms with Crippen molar-refractivity contribution in [1.82, 2.24) is 10.2 Å². The Balaban J connectivity index is 2.82. The molecule has 1 rings (SSSR count). The fraction of sp³-hybridized carbons (Fsp3) is 0.533. The van der Waals surface area contributed by atoms with Crippen LogP contribution in [0.1, 0.15) is 25.5 Å². The summed E-state index contributed by atoms with van der Waals surface area (Å²) in [5.41, 5.74) is -0.0404. The number of carbonyl (C=O) groups is 1. The quantitative estimate of drug-likeness (QED) is 0.747. The minimum Gasteiger partial charge on any atom is -0.468 e. The molecule has 1 atom stereocenters. The van der Waals surface area contributed by atoms with Crippen LogP contribution in [0.4, 0.5) is 8.78 Å². The summed E-state index contributed by atoms with van der Waals surface area (Å²) < 4.78 is 31.8. The SMILES string of the molecule is CCN(CC)CCNC(C(=O)OC)c1cccc(F)c1F. The van der Waals surface area contributed by atoms with Crippen molar-refractivity contribution < 1.29 is 18.3 Å². The van der Waals surface area contributed by atoms with Gasteiger partial charge in [-0.2, -0.15) is 0 Å². The second-order valence-electron chi connectivity index (χ2n) is 4.58. The van der Waals surface area contributed by atoms with Crippen molar-refractivity contribution in [2.24, 2.45) is 0 Å². The second-order valence-corrected chi connectivity index (χ2v) is 4.58. The van der Waals surface area contributed by atoms with Crippen LogP contribution in [0, 0.1) is 11.6 Å². The van der Waals surface area contributed by atoms with E-state index in [4.69, 9.17) is 0 Å². The lowest BCUT2D eigenvalue weighted by Gasteiger charge is -2.21. The first-order chi connectivity index (χ1) is 10.0. The Morgan fingerprint density at radius 3 is 2.57 bits per heavy atom. The summed E-state index contributed by atoms with van der Waals surface area (Å²) in [6, 6.07) is 2.75. The van der Waals surface area contributed by atoms with E-state index in [1.54, 1.807) is 0 Å². The van der Waals surface area contributed by atoms with Crippen LogP contribution in [0.2, 0.25) is 0 Å². The molecular formula is C15H22F2N2O2. The Bertz CT molecular complexity index is 465. The summed E-state index contributed by atoms with van der Waals surface area (Å²) in [4.78, 5) is 14.0. The summed E-state index contributed by atoms with van der Waals surface area (Å²) in [6.45, 7) is 7.01. The van der Waals surface area contributed by atoms with Crippen LogP contribution in [-0.4, -0.2) is 44.2 Å². The van der Waals surface area contributed by atoms with E-state index in [9.17, 15) is 13.6 Å². The van der Waals surface area contributed by atoms with Gasteiger partial charge in [0, 0.05) is 18.7 Å². The van der Waals surface area contributed by atoms with E-state index in [2.05, 4.69) is 15.0 Å². The van der Waals surface area contributed by atoms with Gasteiger partial charge < -0.3 is 9.64 Å². The van der Waals surface area contributed by atoms with Gasteiger partial charge in [-0.1, -0.05) is 26.0 Å². The Kier molecular flexibility index (Phi) is 7.25. The minimum absolute atomic E-state index is 0.0404. The first kappa shape index (κ1) is 17.5. The molecule has 0 heterocycles.